The third kappa shape index (κ3) is 4.16. The monoisotopic (exact) mass is 271 g/mol. The molecule has 4 heteroatoms. The van der Waals surface area contributed by atoms with Gasteiger partial charge in [0.15, 0.2) is 0 Å². The van der Waals surface area contributed by atoms with Crippen LogP contribution < -0.4 is 5.32 Å². The number of nitrogens with one attached hydrogen (secondary N) is 1. The zero-order valence-electron chi connectivity index (χ0n) is 9.03. The molecule has 0 aliphatic heterocycles. The Balaban J connectivity index is 2.94. The van der Waals surface area contributed by atoms with Gasteiger partial charge in [-0.25, -0.2) is 0 Å². The fourth-order valence-corrected chi connectivity index (χ4v) is 1.92. The first-order valence-electron chi connectivity index (χ1n) is 4.92. The normalized spacial score (nSPS) is 11.9. The maximum absolute atomic E-state index is 6.00. The van der Waals surface area contributed by atoms with Gasteiger partial charge in [-0.3, -0.25) is 0 Å². The molecule has 86 valence electrons. The van der Waals surface area contributed by atoms with E-state index in [-0.39, 0.29) is 5.38 Å². The number of hydrogen-bond donors (Lipinski definition) is 2. The molecular weight excluding hydrogens is 258 g/mol. The van der Waals surface area contributed by atoms with Gasteiger partial charge in [-0.15, -0.1) is 24.2 Å². The summed E-state index contributed by atoms with van der Waals surface area (Å²) in [5.41, 5.74) is 2.95. The molecule has 0 saturated carbocycles. The first-order chi connectivity index (χ1) is 7.50. The number of benzene rings is 1. The maximum atomic E-state index is 6.00. The van der Waals surface area contributed by atoms with Gasteiger partial charge in [0.2, 0.25) is 0 Å². The van der Waals surface area contributed by atoms with Crippen molar-refractivity contribution in [3.8, 4) is 0 Å². The molecule has 1 aromatic rings. The fourth-order valence-electron chi connectivity index (χ4n) is 1.49. The summed E-state index contributed by atoms with van der Waals surface area (Å²) in [4.78, 5) is 0. The molecule has 1 unspecified atom stereocenters. The van der Waals surface area contributed by atoms with Crippen LogP contribution in [0.1, 0.15) is 18.1 Å². The third-order valence-electron chi connectivity index (χ3n) is 2.10. The van der Waals surface area contributed by atoms with Crippen LogP contribution in [0.25, 0.3) is 5.70 Å². The molecule has 0 saturated heterocycles. The number of alkyl halides is 1. The van der Waals surface area contributed by atoms with E-state index in [9.17, 15) is 0 Å². The molecule has 1 atom stereocenters. The van der Waals surface area contributed by atoms with E-state index in [0.29, 0.717) is 4.32 Å². The van der Waals surface area contributed by atoms with Gasteiger partial charge in [0.05, 0.1) is 0 Å². The molecule has 0 spiro atoms. The predicted octanol–water partition coefficient (Wildman–Crippen LogP) is 3.63. The Morgan fingerprint density at radius 1 is 1.56 bits per heavy atom. The predicted molar refractivity (Wildman–Crippen MR) is 79.2 cm³/mol. The lowest BCUT2D eigenvalue weighted by Crippen LogP contribution is -2.15. The van der Waals surface area contributed by atoms with E-state index in [1.54, 1.807) is 0 Å². The molecular formula is C12H14ClNS2. The van der Waals surface area contributed by atoms with Crippen LogP contribution in [0.2, 0.25) is 0 Å². The summed E-state index contributed by atoms with van der Waals surface area (Å²) in [5.74, 6) is 0. The molecule has 16 heavy (non-hydrogen) atoms. The maximum Gasteiger partial charge on any atom is 0.135 e. The van der Waals surface area contributed by atoms with Crippen molar-refractivity contribution in [2.24, 2.45) is 0 Å². The van der Waals surface area contributed by atoms with Gasteiger partial charge in [0.1, 0.15) is 4.32 Å². The molecule has 0 radical (unpaired) electrons. The molecule has 1 rings (SSSR count). The molecule has 0 amide bonds. The average Bonchev–Trinajstić information content (AvgIpc) is 2.16. The highest BCUT2D eigenvalue weighted by Gasteiger charge is 2.08. The summed E-state index contributed by atoms with van der Waals surface area (Å²) in [5, 5.41) is 3.03. The first kappa shape index (κ1) is 13.6. The van der Waals surface area contributed by atoms with Gasteiger partial charge in [-0.1, -0.05) is 43.1 Å². The number of thiol groups is 1. The van der Waals surface area contributed by atoms with E-state index >= 15 is 0 Å². The topological polar surface area (TPSA) is 12.0 Å². The van der Waals surface area contributed by atoms with Crippen LogP contribution in [-0.2, 0) is 6.42 Å². The summed E-state index contributed by atoms with van der Waals surface area (Å²) in [6, 6.07) is 8.00. The Kier molecular flexibility index (Phi) is 5.32. The zero-order valence-corrected chi connectivity index (χ0v) is 11.5. The first-order valence-corrected chi connectivity index (χ1v) is 6.21. The fraction of sp³-hybridized carbons (Fsp3) is 0.250. The lowest BCUT2D eigenvalue weighted by Gasteiger charge is -2.13. The van der Waals surface area contributed by atoms with E-state index in [0.717, 1.165) is 23.2 Å². The van der Waals surface area contributed by atoms with Crippen LogP contribution >= 0.6 is 36.4 Å². The summed E-state index contributed by atoms with van der Waals surface area (Å²) in [7, 11) is 0. The van der Waals surface area contributed by atoms with Gasteiger partial charge >= 0.3 is 0 Å². The van der Waals surface area contributed by atoms with Crippen LogP contribution in [0.15, 0.2) is 30.8 Å². The Morgan fingerprint density at radius 2 is 2.19 bits per heavy atom. The molecule has 0 fully saturated rings. The summed E-state index contributed by atoms with van der Waals surface area (Å²) < 4.78 is 0.415. The van der Waals surface area contributed by atoms with Gasteiger partial charge < -0.3 is 5.32 Å². The summed E-state index contributed by atoms with van der Waals surface area (Å²) in [6.07, 6.45) is 0.803. The van der Waals surface area contributed by atoms with Gasteiger partial charge in [-0.05, 0) is 18.9 Å². The Morgan fingerprint density at radius 3 is 2.75 bits per heavy atom. The van der Waals surface area contributed by atoms with Gasteiger partial charge in [0, 0.05) is 16.6 Å². The van der Waals surface area contributed by atoms with E-state index in [1.807, 2.05) is 31.2 Å². The van der Waals surface area contributed by atoms with Crippen LogP contribution in [0, 0.1) is 0 Å². The second kappa shape index (κ2) is 6.28. The Labute approximate surface area is 112 Å². The minimum atomic E-state index is 0.0944. The van der Waals surface area contributed by atoms with Crippen molar-refractivity contribution in [3.05, 3.63) is 42.0 Å². The van der Waals surface area contributed by atoms with Crippen molar-refractivity contribution in [2.75, 3.05) is 0 Å². The standard InChI is InChI=1S/C12H14ClNS2/c1-8(13)7-10-5-3-4-6-11(10)9(2)14-12(15)16/h3-6,8H,2,7H2,1H3,(H2,14,15,16). The second-order valence-electron chi connectivity index (χ2n) is 3.55. The zero-order chi connectivity index (χ0) is 12.1. The summed E-state index contributed by atoms with van der Waals surface area (Å²) >= 11 is 14.9. The Hall–Kier alpha value is -0.510. The van der Waals surface area contributed by atoms with Crippen molar-refractivity contribution in [1.29, 1.82) is 0 Å². The second-order valence-corrected chi connectivity index (χ2v) is 5.45. The molecule has 0 aliphatic rings. The van der Waals surface area contributed by atoms with Crippen LogP contribution in [0.3, 0.4) is 0 Å². The van der Waals surface area contributed by atoms with E-state index in [4.69, 9.17) is 23.8 Å². The number of halogens is 1. The van der Waals surface area contributed by atoms with Gasteiger partial charge in [0.25, 0.3) is 0 Å². The molecule has 1 nitrogen and oxygen atoms in total. The van der Waals surface area contributed by atoms with E-state index in [2.05, 4.69) is 24.5 Å². The smallest absolute Gasteiger partial charge is 0.135 e. The lowest BCUT2D eigenvalue weighted by atomic mass is 10.0. The quantitative estimate of drug-likeness (QED) is 0.493. The van der Waals surface area contributed by atoms with Crippen molar-refractivity contribution in [2.45, 2.75) is 18.7 Å². The SMILES string of the molecule is C=C(NC(=S)S)c1ccccc1CC(C)Cl. The minimum Gasteiger partial charge on any atom is -0.341 e. The van der Waals surface area contributed by atoms with Gasteiger partial charge in [-0.2, -0.15) is 0 Å². The van der Waals surface area contributed by atoms with Crippen molar-refractivity contribution in [1.82, 2.24) is 5.32 Å². The van der Waals surface area contributed by atoms with Crippen LogP contribution in [0.4, 0.5) is 0 Å². The molecule has 1 aromatic carbocycles. The molecule has 1 N–H and O–H groups in total. The highest BCUT2D eigenvalue weighted by molar-refractivity contribution is 8.11. The number of thiocarbonyl (C=S) groups is 1. The van der Waals surface area contributed by atoms with Crippen molar-refractivity contribution < 1.29 is 0 Å². The average molecular weight is 272 g/mol. The third-order valence-corrected chi connectivity index (χ3v) is 2.47. The van der Waals surface area contributed by atoms with Crippen LogP contribution in [0.5, 0.6) is 0 Å². The largest absolute Gasteiger partial charge is 0.341 e. The van der Waals surface area contributed by atoms with E-state index < -0.39 is 0 Å². The highest BCUT2D eigenvalue weighted by Crippen LogP contribution is 2.19. The lowest BCUT2D eigenvalue weighted by molar-refractivity contribution is 0.926. The minimum absolute atomic E-state index is 0.0944. The highest BCUT2D eigenvalue weighted by atomic mass is 35.5. The Bertz CT molecular complexity index is 402. The number of hydrogen-bond acceptors (Lipinski definition) is 1. The summed E-state index contributed by atoms with van der Waals surface area (Å²) in [6.45, 7) is 5.91. The number of rotatable bonds is 4. The molecule has 0 aliphatic carbocycles. The molecule has 0 heterocycles. The van der Waals surface area contributed by atoms with Crippen LogP contribution in [-0.4, -0.2) is 9.70 Å². The van der Waals surface area contributed by atoms with Crippen molar-refractivity contribution in [3.63, 3.8) is 0 Å². The van der Waals surface area contributed by atoms with Crippen molar-refractivity contribution >= 4 is 46.5 Å². The molecule has 0 aromatic heterocycles. The molecule has 0 bridgehead atoms. The van der Waals surface area contributed by atoms with E-state index in [1.165, 1.54) is 0 Å².